The lowest BCUT2D eigenvalue weighted by atomic mass is 10.1. The van der Waals surface area contributed by atoms with Crippen LogP contribution in [-0.2, 0) is 10.0 Å². The van der Waals surface area contributed by atoms with E-state index in [1.54, 1.807) is 0 Å². The van der Waals surface area contributed by atoms with E-state index in [1.807, 2.05) is 13.8 Å². The summed E-state index contributed by atoms with van der Waals surface area (Å²) in [7, 11) is -4.67. The normalized spacial score (nSPS) is 14.5. The minimum atomic E-state index is -3.96. The summed E-state index contributed by atoms with van der Waals surface area (Å²) in [6, 6.07) is 8.13. The number of hydrogen-bond acceptors (Lipinski definition) is 8. The van der Waals surface area contributed by atoms with Crippen LogP contribution in [0.3, 0.4) is 0 Å². The number of methoxy groups -OCH3 is 1. The van der Waals surface area contributed by atoms with Crippen LogP contribution in [-0.4, -0.2) is 56.5 Å². The highest BCUT2D eigenvalue weighted by Gasteiger charge is 2.33. The molecule has 3 rings (SSSR count). The van der Waals surface area contributed by atoms with Crippen LogP contribution in [0.1, 0.15) is 25.0 Å². The molecule has 0 aliphatic carbocycles. The van der Waals surface area contributed by atoms with Crippen LogP contribution in [0.25, 0.3) is 0 Å². The number of rotatable bonds is 7. The zero-order valence-electron chi connectivity index (χ0n) is 17.1. The first-order valence-electron chi connectivity index (χ1n) is 9.28. The van der Waals surface area contributed by atoms with Gasteiger partial charge in [0.05, 0.1) is 13.3 Å². The summed E-state index contributed by atoms with van der Waals surface area (Å²) in [5.74, 6) is -0.262. The molecule has 0 aromatic heterocycles. The highest BCUT2D eigenvalue weighted by Crippen LogP contribution is 2.31. The van der Waals surface area contributed by atoms with E-state index in [2.05, 4.69) is 9.50 Å². The molecule has 31 heavy (non-hydrogen) atoms. The molecule has 1 heterocycles. The lowest BCUT2D eigenvalue weighted by molar-refractivity contribution is 0.288. The van der Waals surface area contributed by atoms with Gasteiger partial charge in [0.25, 0.3) is 10.0 Å². The molecule has 2 aromatic carbocycles. The summed E-state index contributed by atoms with van der Waals surface area (Å²) in [5.41, 5.74) is 0.752. The molecule has 0 saturated carbocycles. The van der Waals surface area contributed by atoms with Gasteiger partial charge in [-0.3, -0.25) is 0 Å². The Labute approximate surface area is 179 Å². The first kappa shape index (κ1) is 22.7. The predicted molar refractivity (Wildman–Crippen MR) is 113 cm³/mol. The molecular weight excluding hydrogens is 428 g/mol. The second-order valence-corrected chi connectivity index (χ2v) is 8.68. The van der Waals surface area contributed by atoms with E-state index in [9.17, 15) is 12.8 Å². The highest BCUT2D eigenvalue weighted by molar-refractivity contribution is 7.90. The van der Waals surface area contributed by atoms with Gasteiger partial charge in [0.2, 0.25) is 0 Å². The summed E-state index contributed by atoms with van der Waals surface area (Å²) in [6.45, 7) is 4.18. The molecule has 2 N–H and O–H groups in total. The van der Waals surface area contributed by atoms with E-state index in [1.165, 1.54) is 54.7 Å². The Morgan fingerprint density at radius 2 is 2.00 bits per heavy atom. The minimum absolute atomic E-state index is 0.0466. The van der Waals surface area contributed by atoms with Crippen molar-refractivity contribution < 1.29 is 32.2 Å². The van der Waals surface area contributed by atoms with Crippen molar-refractivity contribution in [1.29, 1.82) is 0 Å². The molecule has 0 unspecified atom stereocenters. The number of fused-ring (bicyclic) bond motifs is 1. The monoisotopic (exact) mass is 449 g/mol. The Kier molecular flexibility index (Phi) is 6.63. The highest BCUT2D eigenvalue weighted by atomic mass is 32.2. The van der Waals surface area contributed by atoms with Crippen LogP contribution in [0.5, 0.6) is 11.5 Å². The number of hydrogen-bond donors (Lipinski definition) is 2. The Balaban J connectivity index is 2.02. The van der Waals surface area contributed by atoms with Gasteiger partial charge in [0.15, 0.2) is 17.4 Å². The number of hydrazone groups is 1. The van der Waals surface area contributed by atoms with Gasteiger partial charge in [-0.2, -0.15) is 13.5 Å². The number of nitrogens with zero attached hydrogens (tertiary/aromatic N) is 3. The third-order valence-electron chi connectivity index (χ3n) is 4.22. The fraction of sp³-hybridized carbons (Fsp3) is 0.263. The smallest absolute Gasteiger partial charge is 0.512 e. The van der Waals surface area contributed by atoms with Crippen molar-refractivity contribution in [3.05, 3.63) is 53.3 Å². The standard InChI is InChI=1S/C19H21BFN3O6S/c1-12(2)11-24(22-10-13-4-6-16(21)17(8-13)29-3)19-15-9-14(30-20(25)26)5-7-18(15)31(27,28)23-19/h4-10,12,25-26H,11H2,1-3H3/b22-10+. The van der Waals surface area contributed by atoms with Crippen molar-refractivity contribution >= 4 is 29.4 Å². The maximum atomic E-state index is 13.7. The van der Waals surface area contributed by atoms with Gasteiger partial charge in [-0.15, -0.1) is 4.40 Å². The SMILES string of the molecule is COc1cc(/C=N/N(CC(C)C)C2=NS(=O)(=O)c3ccc(OB(O)O)cc32)ccc1F. The molecule has 0 saturated heterocycles. The number of sulfonamides is 1. The van der Waals surface area contributed by atoms with Crippen molar-refractivity contribution in [2.45, 2.75) is 18.7 Å². The summed E-state index contributed by atoms with van der Waals surface area (Å²) in [4.78, 5) is -0.0466. The largest absolute Gasteiger partial charge is 0.707 e. The first-order chi connectivity index (χ1) is 14.6. The minimum Gasteiger partial charge on any atom is -0.512 e. The van der Waals surface area contributed by atoms with E-state index >= 15 is 0 Å². The van der Waals surface area contributed by atoms with Crippen molar-refractivity contribution in [2.24, 2.45) is 15.4 Å². The average Bonchev–Trinajstić information content (AvgIpc) is 2.95. The molecule has 9 nitrogen and oxygen atoms in total. The average molecular weight is 449 g/mol. The topological polar surface area (TPSA) is 121 Å². The third kappa shape index (κ3) is 5.21. The fourth-order valence-electron chi connectivity index (χ4n) is 2.93. The summed E-state index contributed by atoms with van der Waals surface area (Å²) in [6.07, 6.45) is 1.44. The second-order valence-electron chi connectivity index (χ2n) is 7.11. The Morgan fingerprint density at radius 3 is 2.65 bits per heavy atom. The van der Waals surface area contributed by atoms with Crippen LogP contribution in [0.15, 0.2) is 50.8 Å². The van der Waals surface area contributed by atoms with E-state index in [-0.39, 0.29) is 33.7 Å². The van der Waals surface area contributed by atoms with Crippen LogP contribution in [0, 0.1) is 11.7 Å². The zero-order valence-corrected chi connectivity index (χ0v) is 17.9. The number of halogens is 1. The fourth-order valence-corrected chi connectivity index (χ4v) is 4.12. The van der Waals surface area contributed by atoms with Crippen molar-refractivity contribution in [2.75, 3.05) is 13.7 Å². The van der Waals surface area contributed by atoms with E-state index in [0.717, 1.165) is 0 Å². The summed E-state index contributed by atoms with van der Waals surface area (Å²) in [5, 5.41) is 23.9. The van der Waals surface area contributed by atoms with Gasteiger partial charge >= 0.3 is 7.32 Å². The van der Waals surface area contributed by atoms with Crippen molar-refractivity contribution in [3.8, 4) is 11.5 Å². The molecule has 0 spiro atoms. The van der Waals surface area contributed by atoms with Crippen LogP contribution in [0.4, 0.5) is 4.39 Å². The molecule has 1 aliphatic heterocycles. The first-order valence-corrected chi connectivity index (χ1v) is 10.7. The Hall–Kier alpha value is -2.96. The van der Waals surface area contributed by atoms with Crippen LogP contribution < -0.4 is 9.39 Å². The Morgan fingerprint density at radius 1 is 1.26 bits per heavy atom. The van der Waals surface area contributed by atoms with E-state index < -0.39 is 23.2 Å². The maximum Gasteiger partial charge on any atom is 0.707 e. The third-order valence-corrected chi connectivity index (χ3v) is 5.55. The molecular formula is C19H21BFN3O6S. The van der Waals surface area contributed by atoms with Gasteiger partial charge in [-0.05, 0) is 41.8 Å². The predicted octanol–water partition coefficient (Wildman–Crippen LogP) is 1.62. The molecule has 0 amide bonds. The maximum absolute atomic E-state index is 13.7. The summed E-state index contributed by atoms with van der Waals surface area (Å²) < 4.78 is 52.4. The molecule has 164 valence electrons. The van der Waals surface area contributed by atoms with Crippen molar-refractivity contribution in [3.63, 3.8) is 0 Å². The van der Waals surface area contributed by atoms with Gasteiger partial charge in [-0.1, -0.05) is 19.9 Å². The number of benzene rings is 2. The molecule has 0 atom stereocenters. The Bertz CT molecular complexity index is 1140. The van der Waals surface area contributed by atoms with Gasteiger partial charge in [0.1, 0.15) is 10.6 Å². The lowest BCUT2D eigenvalue weighted by Gasteiger charge is -2.21. The van der Waals surface area contributed by atoms with Gasteiger partial charge < -0.3 is 19.4 Å². The molecule has 1 aliphatic rings. The molecule has 0 bridgehead atoms. The zero-order chi connectivity index (χ0) is 22.8. The molecule has 0 radical (unpaired) electrons. The second kappa shape index (κ2) is 9.04. The van der Waals surface area contributed by atoms with Crippen LogP contribution >= 0.6 is 0 Å². The molecule has 0 fully saturated rings. The van der Waals surface area contributed by atoms with E-state index in [0.29, 0.717) is 12.1 Å². The van der Waals surface area contributed by atoms with Crippen molar-refractivity contribution in [1.82, 2.24) is 5.01 Å². The quantitative estimate of drug-likeness (QED) is 0.374. The van der Waals surface area contributed by atoms with Gasteiger partial charge in [0, 0.05) is 12.1 Å². The van der Waals surface area contributed by atoms with Crippen LogP contribution in [0.2, 0.25) is 0 Å². The number of ether oxygens (including phenoxy) is 1. The summed E-state index contributed by atoms with van der Waals surface area (Å²) >= 11 is 0. The molecule has 2 aromatic rings. The van der Waals surface area contributed by atoms with Gasteiger partial charge in [-0.25, -0.2) is 9.40 Å². The lowest BCUT2D eigenvalue weighted by Crippen LogP contribution is -2.30. The van der Waals surface area contributed by atoms with E-state index in [4.69, 9.17) is 19.4 Å². The number of amidine groups is 1. The molecule has 12 heteroatoms.